The Balaban J connectivity index is 1.93. The number of hydrogen-bond acceptors (Lipinski definition) is 3. The number of benzene rings is 1. The van der Waals surface area contributed by atoms with Gasteiger partial charge < -0.3 is 10.6 Å². The van der Waals surface area contributed by atoms with Gasteiger partial charge in [-0.2, -0.15) is 0 Å². The maximum atomic E-state index is 12.0. The first kappa shape index (κ1) is 15.0. The lowest BCUT2D eigenvalue weighted by molar-refractivity contribution is -0.117. The highest BCUT2D eigenvalue weighted by Crippen LogP contribution is 2.13. The Labute approximate surface area is 127 Å². The normalized spacial score (nSPS) is 11.5. The molecule has 0 bridgehead atoms. The van der Waals surface area contributed by atoms with Crippen LogP contribution in [0, 0.1) is 0 Å². The largest absolute Gasteiger partial charge is 0.339 e. The minimum absolute atomic E-state index is 0.267. The summed E-state index contributed by atoms with van der Waals surface area (Å²) in [4.78, 5) is 27.8. The molecular formula is C15H14ClN3O2. The molecule has 1 heterocycles. The molecular weight excluding hydrogens is 290 g/mol. The quantitative estimate of drug-likeness (QED) is 0.911. The van der Waals surface area contributed by atoms with Crippen LogP contribution >= 0.6 is 11.6 Å². The molecule has 21 heavy (non-hydrogen) atoms. The van der Waals surface area contributed by atoms with Gasteiger partial charge >= 0.3 is 0 Å². The van der Waals surface area contributed by atoms with Crippen molar-refractivity contribution < 1.29 is 9.59 Å². The molecule has 5 nitrogen and oxygen atoms in total. The first-order chi connectivity index (χ1) is 10.1. The van der Waals surface area contributed by atoms with Crippen LogP contribution in [-0.4, -0.2) is 22.8 Å². The molecule has 1 aromatic carbocycles. The maximum Gasteiger partial charge on any atom is 0.270 e. The average Bonchev–Trinajstić information content (AvgIpc) is 2.50. The number of amides is 2. The first-order valence-corrected chi connectivity index (χ1v) is 6.72. The summed E-state index contributed by atoms with van der Waals surface area (Å²) in [6.45, 7) is 1.60. The summed E-state index contributed by atoms with van der Waals surface area (Å²) in [6.07, 6.45) is 1.52. The number of carbonyl (C=O) groups is 2. The summed E-state index contributed by atoms with van der Waals surface area (Å²) in [5.41, 5.74) is 0.881. The average molecular weight is 304 g/mol. The third-order valence-corrected chi connectivity index (χ3v) is 3.00. The molecule has 0 spiro atoms. The minimum atomic E-state index is -0.685. The van der Waals surface area contributed by atoms with Gasteiger partial charge in [-0.05, 0) is 43.3 Å². The first-order valence-electron chi connectivity index (χ1n) is 6.34. The van der Waals surface area contributed by atoms with Crippen molar-refractivity contribution in [2.45, 2.75) is 13.0 Å². The molecule has 0 radical (unpaired) electrons. The maximum absolute atomic E-state index is 12.0. The Hall–Kier alpha value is -2.40. The van der Waals surface area contributed by atoms with Crippen LogP contribution in [0.2, 0.25) is 5.02 Å². The van der Waals surface area contributed by atoms with Gasteiger partial charge in [0.2, 0.25) is 5.91 Å². The lowest BCUT2D eigenvalue weighted by atomic mass is 10.2. The third kappa shape index (κ3) is 4.29. The van der Waals surface area contributed by atoms with E-state index in [1.54, 1.807) is 49.4 Å². The van der Waals surface area contributed by atoms with Crippen LogP contribution in [0.15, 0.2) is 48.7 Å². The van der Waals surface area contributed by atoms with Gasteiger partial charge in [0.25, 0.3) is 5.91 Å². The molecule has 108 valence electrons. The number of anilines is 1. The Kier molecular flexibility index (Phi) is 4.90. The zero-order valence-corrected chi connectivity index (χ0v) is 12.1. The van der Waals surface area contributed by atoms with Crippen molar-refractivity contribution in [3.05, 3.63) is 59.4 Å². The predicted octanol–water partition coefficient (Wildman–Crippen LogP) is 2.49. The van der Waals surface area contributed by atoms with E-state index in [9.17, 15) is 9.59 Å². The molecule has 0 aliphatic carbocycles. The molecule has 0 fully saturated rings. The summed E-state index contributed by atoms with van der Waals surface area (Å²) in [5, 5.41) is 5.87. The van der Waals surface area contributed by atoms with Gasteiger partial charge in [-0.15, -0.1) is 0 Å². The van der Waals surface area contributed by atoms with E-state index in [-0.39, 0.29) is 11.6 Å². The number of aromatic nitrogens is 1. The Morgan fingerprint density at radius 3 is 2.48 bits per heavy atom. The zero-order valence-electron chi connectivity index (χ0n) is 11.3. The number of carbonyl (C=O) groups excluding carboxylic acids is 2. The van der Waals surface area contributed by atoms with Crippen LogP contribution in [0.5, 0.6) is 0 Å². The number of nitrogens with one attached hydrogen (secondary N) is 2. The van der Waals surface area contributed by atoms with Crippen molar-refractivity contribution in [1.82, 2.24) is 10.3 Å². The summed E-state index contributed by atoms with van der Waals surface area (Å²) >= 11 is 5.77. The highest BCUT2D eigenvalue weighted by atomic mass is 35.5. The monoisotopic (exact) mass is 303 g/mol. The van der Waals surface area contributed by atoms with Crippen molar-refractivity contribution >= 4 is 29.1 Å². The van der Waals surface area contributed by atoms with E-state index in [2.05, 4.69) is 15.6 Å². The van der Waals surface area contributed by atoms with Crippen molar-refractivity contribution in [3.63, 3.8) is 0 Å². The predicted molar refractivity (Wildman–Crippen MR) is 81.2 cm³/mol. The fraction of sp³-hybridized carbons (Fsp3) is 0.133. The van der Waals surface area contributed by atoms with E-state index in [1.165, 1.54) is 6.20 Å². The van der Waals surface area contributed by atoms with E-state index in [4.69, 9.17) is 11.6 Å². The molecule has 0 unspecified atom stereocenters. The standard InChI is InChI=1S/C15H14ClN3O2/c1-10(18-15(21)13-4-2-3-9-17-13)14(20)19-12-7-5-11(16)6-8-12/h2-10H,1H3,(H,18,21)(H,19,20)/t10-/m1/s1. The van der Waals surface area contributed by atoms with Gasteiger partial charge in [-0.3, -0.25) is 14.6 Å². The second-order valence-electron chi connectivity index (χ2n) is 4.41. The van der Waals surface area contributed by atoms with E-state index in [1.807, 2.05) is 0 Å². The Morgan fingerprint density at radius 1 is 1.14 bits per heavy atom. The van der Waals surface area contributed by atoms with E-state index in [0.717, 1.165) is 0 Å². The summed E-state index contributed by atoms with van der Waals surface area (Å²) in [5.74, 6) is -0.712. The second kappa shape index (κ2) is 6.85. The molecule has 2 aromatic rings. The van der Waals surface area contributed by atoms with Gasteiger partial charge in [-0.25, -0.2) is 0 Å². The molecule has 2 N–H and O–H groups in total. The molecule has 6 heteroatoms. The smallest absolute Gasteiger partial charge is 0.270 e. The summed E-state index contributed by atoms with van der Waals surface area (Å²) < 4.78 is 0. The van der Waals surface area contributed by atoms with Crippen LogP contribution in [-0.2, 0) is 4.79 Å². The Morgan fingerprint density at radius 2 is 1.86 bits per heavy atom. The van der Waals surface area contributed by atoms with E-state index in [0.29, 0.717) is 10.7 Å². The van der Waals surface area contributed by atoms with Crippen LogP contribution < -0.4 is 10.6 Å². The number of nitrogens with zero attached hydrogens (tertiary/aromatic N) is 1. The lowest BCUT2D eigenvalue weighted by Gasteiger charge is -2.13. The molecule has 2 rings (SSSR count). The van der Waals surface area contributed by atoms with Gasteiger partial charge in [0, 0.05) is 16.9 Å². The summed E-state index contributed by atoms with van der Waals surface area (Å²) in [7, 11) is 0. The van der Waals surface area contributed by atoms with Crippen LogP contribution in [0.3, 0.4) is 0 Å². The van der Waals surface area contributed by atoms with Crippen LogP contribution in [0.4, 0.5) is 5.69 Å². The highest BCUT2D eigenvalue weighted by Gasteiger charge is 2.17. The van der Waals surface area contributed by atoms with Gasteiger partial charge in [0.1, 0.15) is 11.7 Å². The van der Waals surface area contributed by atoms with Gasteiger partial charge in [-0.1, -0.05) is 17.7 Å². The highest BCUT2D eigenvalue weighted by molar-refractivity contribution is 6.30. The van der Waals surface area contributed by atoms with Crippen LogP contribution in [0.25, 0.3) is 0 Å². The van der Waals surface area contributed by atoms with Gasteiger partial charge in [0.15, 0.2) is 0 Å². The van der Waals surface area contributed by atoms with Crippen molar-refractivity contribution in [3.8, 4) is 0 Å². The second-order valence-corrected chi connectivity index (χ2v) is 4.84. The van der Waals surface area contributed by atoms with Crippen molar-refractivity contribution in [1.29, 1.82) is 0 Å². The molecule has 1 atom stereocenters. The molecule has 0 aliphatic heterocycles. The number of halogens is 1. The molecule has 1 aromatic heterocycles. The molecule has 0 saturated heterocycles. The molecule has 0 saturated carbocycles. The van der Waals surface area contributed by atoms with E-state index >= 15 is 0 Å². The fourth-order valence-corrected chi connectivity index (χ4v) is 1.74. The Bertz CT molecular complexity index is 629. The number of pyridine rings is 1. The third-order valence-electron chi connectivity index (χ3n) is 2.75. The summed E-state index contributed by atoms with van der Waals surface area (Å²) in [6, 6.07) is 11.0. The number of rotatable bonds is 4. The van der Waals surface area contributed by atoms with Gasteiger partial charge in [0.05, 0.1) is 0 Å². The van der Waals surface area contributed by atoms with Crippen molar-refractivity contribution in [2.75, 3.05) is 5.32 Å². The fourth-order valence-electron chi connectivity index (χ4n) is 1.62. The minimum Gasteiger partial charge on any atom is -0.339 e. The van der Waals surface area contributed by atoms with Crippen molar-refractivity contribution in [2.24, 2.45) is 0 Å². The topological polar surface area (TPSA) is 71.1 Å². The zero-order chi connectivity index (χ0) is 15.2. The van der Waals surface area contributed by atoms with E-state index < -0.39 is 11.9 Å². The lowest BCUT2D eigenvalue weighted by Crippen LogP contribution is -2.41. The van der Waals surface area contributed by atoms with Crippen LogP contribution in [0.1, 0.15) is 17.4 Å². The number of hydrogen-bond donors (Lipinski definition) is 2. The molecule has 0 aliphatic rings. The SMILES string of the molecule is C[C@@H](NC(=O)c1ccccn1)C(=O)Nc1ccc(Cl)cc1. The molecule has 2 amide bonds.